The second-order valence-corrected chi connectivity index (χ2v) is 22.3. The molecule has 0 bridgehead atoms. The third kappa shape index (κ3) is 7.53. The Morgan fingerprint density at radius 3 is 2.32 bits per heavy atom. The molecule has 0 radical (unpaired) electrons. The van der Waals surface area contributed by atoms with Gasteiger partial charge in [-0.05, 0) is 199 Å². The van der Waals surface area contributed by atoms with Gasteiger partial charge in [-0.2, -0.15) is 0 Å². The molecule has 2 fully saturated rings. The summed E-state index contributed by atoms with van der Waals surface area (Å²) in [6, 6.07) is 2.98. The minimum absolute atomic E-state index is 0.535. The molecule has 0 spiro atoms. The van der Waals surface area contributed by atoms with Crippen molar-refractivity contribution in [1.82, 2.24) is 9.80 Å². The van der Waals surface area contributed by atoms with Gasteiger partial charge in [0.15, 0.2) is 0 Å². The van der Waals surface area contributed by atoms with Crippen molar-refractivity contribution >= 4 is 0 Å². The van der Waals surface area contributed by atoms with Gasteiger partial charge in [0.2, 0.25) is 0 Å². The van der Waals surface area contributed by atoms with E-state index in [9.17, 15) is 0 Å². The Bertz CT molecular complexity index is 2080. The van der Waals surface area contributed by atoms with E-state index in [-0.39, 0.29) is 0 Å². The summed E-state index contributed by atoms with van der Waals surface area (Å²) in [6.07, 6.45) is 75.4. The molecule has 0 aromatic heterocycles. The average molecular weight is 825 g/mol. The van der Waals surface area contributed by atoms with Crippen LogP contribution >= 0.6 is 0 Å². The lowest BCUT2D eigenvalue weighted by atomic mass is 9.64. The van der Waals surface area contributed by atoms with Crippen LogP contribution in [0.2, 0.25) is 0 Å². The first kappa shape index (κ1) is 40.2. The third-order valence-electron chi connectivity index (χ3n) is 19.2. The fourth-order valence-corrected chi connectivity index (χ4v) is 16.2. The molecule has 62 heavy (non-hydrogen) atoms. The number of hydrogen-bond donors (Lipinski definition) is 0. The predicted molar refractivity (Wildman–Crippen MR) is 259 cm³/mol. The van der Waals surface area contributed by atoms with E-state index in [1.165, 1.54) is 147 Å². The first-order valence-electron chi connectivity index (χ1n) is 26.5. The zero-order valence-electron chi connectivity index (χ0n) is 37.9. The molecule has 0 aromatic carbocycles. The van der Waals surface area contributed by atoms with Gasteiger partial charge in [0.1, 0.15) is 0 Å². The van der Waals surface area contributed by atoms with Crippen LogP contribution in [0.1, 0.15) is 141 Å². The lowest BCUT2D eigenvalue weighted by molar-refractivity contribution is 0.0910. The SMILES string of the molecule is C1=CC2C3CCC(C4C=CC5C6=C(CCC=C6)N(C6CCC(C7CC(C8CC=CCC8)=CC(C8CC=CCC8)C7)CC6)C5C4)=CC3N(C3C=C(C4=CCCC=C4)CCC3)C2C=C1. The Balaban J connectivity index is 0.772. The fourth-order valence-electron chi connectivity index (χ4n) is 16.2. The smallest absolute Gasteiger partial charge is 0.0402 e. The van der Waals surface area contributed by atoms with Crippen molar-refractivity contribution in [2.45, 2.75) is 171 Å². The van der Waals surface area contributed by atoms with Crippen molar-refractivity contribution < 1.29 is 0 Å². The van der Waals surface area contributed by atoms with Crippen molar-refractivity contribution in [3.8, 4) is 0 Å². The van der Waals surface area contributed by atoms with Crippen LogP contribution in [-0.4, -0.2) is 40.0 Å². The lowest BCUT2D eigenvalue weighted by Gasteiger charge is -2.46. The Morgan fingerprint density at radius 1 is 0.581 bits per heavy atom. The Morgan fingerprint density at radius 2 is 1.47 bits per heavy atom. The summed E-state index contributed by atoms with van der Waals surface area (Å²) in [6.45, 7) is 0. The number of nitrogens with zero attached hydrogens (tertiary/aromatic N) is 2. The molecule has 10 aliphatic carbocycles. The largest absolute Gasteiger partial charge is 0.368 e. The van der Waals surface area contributed by atoms with Gasteiger partial charge in [0.25, 0.3) is 0 Å². The molecule has 1 saturated heterocycles. The standard InChI is InChI=1S/C60H76N2/c1-4-15-41(16-5-1)45-21-14-22-52(38-45)62-58-26-13-11-24-54(58)56-34-30-47(40-60(56)62)46-29-33-55-53-23-10-12-25-57(53)61(59(55)39-46)51-31-27-44(28-32-51)50-36-48(42-17-6-2-7-18-42)35-49(37-50)43-19-8-3-9-20-43/h2-4,6,8,10-11,13,15-16,23-24,26,29,33,35,38,40,42-44,46,48,50-52,54-56,58-60H,1,5,7,9,12,14,17-22,25,27-28,30-32,34,36-37,39H2. The minimum Gasteiger partial charge on any atom is -0.368 e. The van der Waals surface area contributed by atoms with E-state index in [2.05, 4.69) is 119 Å². The highest BCUT2D eigenvalue weighted by Gasteiger charge is 2.51. The molecule has 1 saturated carbocycles. The molecule has 2 nitrogen and oxygen atoms in total. The highest BCUT2D eigenvalue weighted by Crippen LogP contribution is 2.54. The number of allylic oxidation sites excluding steroid dienone is 18. The molecule has 2 heteroatoms. The van der Waals surface area contributed by atoms with Crippen LogP contribution in [-0.2, 0) is 0 Å². The summed E-state index contributed by atoms with van der Waals surface area (Å²) in [7, 11) is 0. The van der Waals surface area contributed by atoms with E-state index in [0.29, 0.717) is 41.9 Å². The normalized spacial score (nSPS) is 42.5. The van der Waals surface area contributed by atoms with E-state index < -0.39 is 0 Å². The zero-order chi connectivity index (χ0) is 41.0. The van der Waals surface area contributed by atoms with Gasteiger partial charge in [0.05, 0.1) is 0 Å². The number of fused-ring (bicyclic) bond motifs is 5. The van der Waals surface area contributed by atoms with Gasteiger partial charge in [-0.15, -0.1) is 0 Å². The van der Waals surface area contributed by atoms with E-state index >= 15 is 0 Å². The van der Waals surface area contributed by atoms with E-state index in [0.717, 1.165) is 41.5 Å². The topological polar surface area (TPSA) is 6.48 Å². The maximum absolute atomic E-state index is 3.12. The van der Waals surface area contributed by atoms with Crippen LogP contribution in [0.5, 0.6) is 0 Å². The fraction of sp³-hybridized carbons (Fsp3) is 0.600. The Labute approximate surface area is 375 Å². The summed E-state index contributed by atoms with van der Waals surface area (Å²) in [5, 5.41) is 0. The Hall–Kier alpha value is -3.36. The molecule has 0 amide bonds. The van der Waals surface area contributed by atoms with Gasteiger partial charge >= 0.3 is 0 Å². The molecule has 2 heterocycles. The molecule has 0 N–H and O–H groups in total. The van der Waals surface area contributed by atoms with Crippen molar-refractivity contribution in [2.75, 3.05) is 0 Å². The molecular weight excluding hydrogens is 749 g/mol. The minimum atomic E-state index is 0.535. The van der Waals surface area contributed by atoms with E-state index in [1.807, 2.05) is 5.57 Å². The van der Waals surface area contributed by atoms with Crippen LogP contribution < -0.4 is 0 Å². The second kappa shape index (κ2) is 17.6. The first-order chi connectivity index (χ1) is 30.7. The van der Waals surface area contributed by atoms with Crippen LogP contribution in [0.15, 0.2) is 143 Å². The molecule has 12 aliphatic rings. The molecule has 0 aromatic rings. The van der Waals surface area contributed by atoms with E-state index in [1.54, 1.807) is 22.4 Å². The highest BCUT2D eigenvalue weighted by atomic mass is 15.3. The average Bonchev–Trinajstić information content (AvgIpc) is 3.87. The van der Waals surface area contributed by atoms with Crippen molar-refractivity contribution in [2.24, 2.45) is 53.3 Å². The van der Waals surface area contributed by atoms with Crippen LogP contribution in [0.3, 0.4) is 0 Å². The second-order valence-electron chi connectivity index (χ2n) is 22.3. The van der Waals surface area contributed by atoms with Crippen molar-refractivity contribution in [3.63, 3.8) is 0 Å². The first-order valence-corrected chi connectivity index (χ1v) is 26.5. The summed E-state index contributed by atoms with van der Waals surface area (Å²) < 4.78 is 0. The lowest BCUT2D eigenvalue weighted by Crippen LogP contribution is -2.46. The van der Waals surface area contributed by atoms with Crippen LogP contribution in [0, 0.1) is 53.3 Å². The van der Waals surface area contributed by atoms with Gasteiger partial charge < -0.3 is 4.90 Å². The number of rotatable bonds is 7. The van der Waals surface area contributed by atoms with Gasteiger partial charge in [-0.1, -0.05) is 121 Å². The predicted octanol–water partition coefficient (Wildman–Crippen LogP) is 14.6. The summed E-state index contributed by atoms with van der Waals surface area (Å²) in [5.41, 5.74) is 10.2. The maximum Gasteiger partial charge on any atom is 0.0402 e. The third-order valence-corrected chi connectivity index (χ3v) is 19.2. The summed E-state index contributed by atoms with van der Waals surface area (Å²) >= 11 is 0. The quantitative estimate of drug-likeness (QED) is 0.236. The van der Waals surface area contributed by atoms with Gasteiger partial charge in [0, 0.05) is 47.7 Å². The van der Waals surface area contributed by atoms with Gasteiger partial charge in [-0.25, -0.2) is 0 Å². The number of hydrogen-bond acceptors (Lipinski definition) is 2. The van der Waals surface area contributed by atoms with Crippen molar-refractivity contribution in [1.29, 1.82) is 0 Å². The van der Waals surface area contributed by atoms with E-state index in [4.69, 9.17) is 0 Å². The molecule has 12 atom stereocenters. The molecular formula is C60H76N2. The molecule has 12 rings (SSSR count). The van der Waals surface area contributed by atoms with Gasteiger partial charge in [-0.3, -0.25) is 4.90 Å². The summed E-state index contributed by atoms with van der Waals surface area (Å²) in [4.78, 5) is 6.14. The zero-order valence-corrected chi connectivity index (χ0v) is 37.9. The molecule has 326 valence electrons. The molecule has 12 unspecified atom stereocenters. The van der Waals surface area contributed by atoms with Crippen molar-refractivity contribution in [3.05, 3.63) is 143 Å². The summed E-state index contributed by atoms with van der Waals surface area (Å²) in [5.74, 6) is 6.90. The van der Waals surface area contributed by atoms with Crippen LogP contribution in [0.25, 0.3) is 0 Å². The monoisotopic (exact) mass is 825 g/mol. The maximum atomic E-state index is 3.12. The van der Waals surface area contributed by atoms with Crippen LogP contribution in [0.4, 0.5) is 0 Å². The number of likely N-dealkylation sites (tertiary alicyclic amines) is 1. The molecule has 2 aliphatic heterocycles. The Kier molecular flexibility index (Phi) is 11.4. The highest BCUT2D eigenvalue weighted by molar-refractivity contribution is 5.45.